The lowest BCUT2D eigenvalue weighted by atomic mass is 10.1. The average molecular weight is 463 g/mol. The lowest BCUT2D eigenvalue weighted by Gasteiger charge is -2.11. The number of carbonyl (C=O) groups excluding carboxylic acids is 1. The number of hydrogen-bond acceptors (Lipinski definition) is 6. The Kier molecular flexibility index (Phi) is 6.93. The van der Waals surface area contributed by atoms with Gasteiger partial charge in [0.1, 0.15) is 12.1 Å². The fourth-order valence-electron chi connectivity index (χ4n) is 3.85. The van der Waals surface area contributed by atoms with Crippen LogP contribution in [0, 0.1) is 0 Å². The van der Waals surface area contributed by atoms with Crippen LogP contribution in [0.5, 0.6) is 11.5 Å². The van der Waals surface area contributed by atoms with Crippen molar-refractivity contribution in [3.05, 3.63) is 82.4 Å². The number of rotatable bonds is 9. The van der Waals surface area contributed by atoms with Crippen molar-refractivity contribution in [2.24, 2.45) is 0 Å². The Morgan fingerprint density at radius 2 is 1.82 bits per heavy atom. The van der Waals surface area contributed by atoms with Gasteiger partial charge in [0.2, 0.25) is 5.91 Å². The van der Waals surface area contributed by atoms with E-state index in [0.29, 0.717) is 35.7 Å². The third-order valence-corrected chi connectivity index (χ3v) is 5.56. The van der Waals surface area contributed by atoms with E-state index in [2.05, 4.69) is 10.4 Å². The van der Waals surface area contributed by atoms with Gasteiger partial charge in [-0.2, -0.15) is 5.10 Å². The Bertz CT molecular complexity index is 1360. The average Bonchev–Trinajstić information content (AvgIpc) is 3.25. The van der Waals surface area contributed by atoms with E-state index in [1.165, 1.54) is 15.3 Å². The summed E-state index contributed by atoms with van der Waals surface area (Å²) in [4.78, 5) is 25.6. The summed E-state index contributed by atoms with van der Waals surface area (Å²) >= 11 is 0. The van der Waals surface area contributed by atoms with Crippen LogP contribution in [0.2, 0.25) is 0 Å². The molecule has 4 aromatic rings. The van der Waals surface area contributed by atoms with E-state index in [1.54, 1.807) is 20.4 Å². The summed E-state index contributed by atoms with van der Waals surface area (Å²) < 4.78 is 13.3. The largest absolute Gasteiger partial charge is 0.493 e. The Labute approximate surface area is 196 Å². The van der Waals surface area contributed by atoms with Crippen LogP contribution in [0.4, 0.5) is 0 Å². The Balaban J connectivity index is 1.47. The zero-order valence-corrected chi connectivity index (χ0v) is 19.0. The fourth-order valence-corrected chi connectivity index (χ4v) is 3.85. The zero-order valence-electron chi connectivity index (χ0n) is 19.0. The summed E-state index contributed by atoms with van der Waals surface area (Å²) in [6.45, 7) is -0.0828. The van der Waals surface area contributed by atoms with Crippen molar-refractivity contribution in [3.63, 3.8) is 0 Å². The van der Waals surface area contributed by atoms with Crippen molar-refractivity contribution in [3.8, 4) is 22.8 Å². The van der Waals surface area contributed by atoms with Gasteiger partial charge < -0.3 is 24.5 Å². The monoisotopic (exact) mass is 462 g/mol. The van der Waals surface area contributed by atoms with E-state index in [9.17, 15) is 14.7 Å². The minimum absolute atomic E-state index is 0.141. The molecule has 9 heteroatoms. The van der Waals surface area contributed by atoms with Gasteiger partial charge in [-0.25, -0.2) is 4.52 Å². The number of fused-ring (bicyclic) bond motifs is 1. The van der Waals surface area contributed by atoms with Crippen molar-refractivity contribution < 1.29 is 19.4 Å². The molecule has 0 saturated heterocycles. The van der Waals surface area contributed by atoms with Gasteiger partial charge in [0.05, 0.1) is 26.5 Å². The fraction of sp³-hybridized carbons (Fsp3) is 0.240. The molecule has 2 aromatic heterocycles. The number of carbonyl (C=O) groups is 1. The van der Waals surface area contributed by atoms with Gasteiger partial charge in [-0.3, -0.25) is 9.59 Å². The van der Waals surface area contributed by atoms with Crippen LogP contribution in [0.1, 0.15) is 11.1 Å². The van der Waals surface area contributed by atoms with E-state index in [1.807, 2.05) is 48.5 Å². The smallest absolute Gasteiger partial charge is 0.277 e. The zero-order chi connectivity index (χ0) is 24.1. The number of methoxy groups -OCH3 is 2. The van der Waals surface area contributed by atoms with Crippen LogP contribution < -0.4 is 20.3 Å². The number of ether oxygens (including phenoxy) is 2. The molecular formula is C25H26N4O5. The van der Waals surface area contributed by atoms with Crippen LogP contribution >= 0.6 is 0 Å². The summed E-state index contributed by atoms with van der Waals surface area (Å²) in [5.74, 6) is 0.976. The second-order valence-corrected chi connectivity index (χ2v) is 7.66. The van der Waals surface area contributed by atoms with Gasteiger partial charge in [0.25, 0.3) is 5.56 Å². The second-order valence-electron chi connectivity index (χ2n) is 7.66. The highest BCUT2D eigenvalue weighted by atomic mass is 16.5. The molecule has 2 N–H and O–H groups in total. The normalized spacial score (nSPS) is 10.9. The first-order chi connectivity index (χ1) is 16.5. The maximum absolute atomic E-state index is 13.1. The minimum atomic E-state index is -0.392. The molecule has 0 spiro atoms. The summed E-state index contributed by atoms with van der Waals surface area (Å²) in [5, 5.41) is 17.3. The molecule has 0 unspecified atom stereocenters. The maximum Gasteiger partial charge on any atom is 0.277 e. The molecule has 0 aliphatic heterocycles. The molecular weight excluding hydrogens is 436 g/mol. The van der Waals surface area contributed by atoms with Gasteiger partial charge in [-0.05, 0) is 24.1 Å². The molecule has 1 amide bonds. The third kappa shape index (κ3) is 4.65. The van der Waals surface area contributed by atoms with Crippen LogP contribution in [-0.4, -0.2) is 46.0 Å². The van der Waals surface area contributed by atoms with E-state index in [-0.39, 0.29) is 24.6 Å². The molecule has 0 bridgehead atoms. The third-order valence-electron chi connectivity index (χ3n) is 5.56. The highest BCUT2D eigenvalue weighted by Gasteiger charge is 2.18. The quantitative estimate of drug-likeness (QED) is 0.394. The lowest BCUT2D eigenvalue weighted by molar-refractivity contribution is -0.121. The van der Waals surface area contributed by atoms with E-state index in [4.69, 9.17) is 9.47 Å². The van der Waals surface area contributed by atoms with Gasteiger partial charge in [0, 0.05) is 30.1 Å². The highest BCUT2D eigenvalue weighted by Crippen LogP contribution is 2.27. The molecule has 2 heterocycles. The standard InChI is InChI=1S/C25H26N4O5/c1-33-20-9-8-17(14-21(20)34-2)10-11-26-22(31)15-28-12-13-29-24(25(28)32)19(16-30)23(27-29)18-6-4-3-5-7-18/h3-9,12-14,30H,10-11,15-16H2,1-2H3,(H,26,31). The molecule has 0 atom stereocenters. The molecule has 0 aliphatic rings. The Hall–Kier alpha value is -4.11. The van der Waals surface area contributed by atoms with Gasteiger partial charge in [-0.1, -0.05) is 36.4 Å². The van der Waals surface area contributed by atoms with Gasteiger partial charge >= 0.3 is 0 Å². The summed E-state index contributed by atoms with van der Waals surface area (Å²) in [6.07, 6.45) is 3.73. The summed E-state index contributed by atoms with van der Waals surface area (Å²) in [7, 11) is 3.15. The first-order valence-corrected chi connectivity index (χ1v) is 10.8. The number of nitrogens with one attached hydrogen (secondary N) is 1. The molecule has 9 nitrogen and oxygen atoms in total. The predicted octanol–water partition coefficient (Wildman–Crippen LogP) is 2.03. The summed E-state index contributed by atoms with van der Waals surface area (Å²) in [5.41, 5.74) is 2.61. The number of aliphatic hydroxyl groups excluding tert-OH is 1. The topological polar surface area (TPSA) is 107 Å². The number of aromatic nitrogens is 3. The van der Waals surface area contributed by atoms with Gasteiger partial charge in [0.15, 0.2) is 11.5 Å². The van der Waals surface area contributed by atoms with Crippen LogP contribution in [-0.2, 0) is 24.4 Å². The van der Waals surface area contributed by atoms with Crippen molar-refractivity contribution >= 4 is 11.4 Å². The Morgan fingerprint density at radius 1 is 1.06 bits per heavy atom. The Morgan fingerprint density at radius 3 is 2.53 bits per heavy atom. The molecule has 34 heavy (non-hydrogen) atoms. The van der Waals surface area contributed by atoms with Crippen molar-refractivity contribution in [1.82, 2.24) is 19.5 Å². The number of nitrogens with zero attached hydrogens (tertiary/aromatic N) is 3. The molecule has 0 fully saturated rings. The number of hydrogen-bond donors (Lipinski definition) is 2. The summed E-state index contributed by atoms with van der Waals surface area (Å²) in [6, 6.07) is 14.9. The molecule has 0 radical (unpaired) electrons. The number of aliphatic hydroxyl groups is 1. The van der Waals surface area contributed by atoms with E-state index < -0.39 is 5.56 Å². The SMILES string of the molecule is COc1ccc(CCNC(=O)Cn2ccn3nc(-c4ccccc4)c(CO)c3c2=O)cc1OC. The first kappa shape index (κ1) is 23.1. The predicted molar refractivity (Wildman–Crippen MR) is 127 cm³/mol. The van der Waals surface area contributed by atoms with Crippen LogP contribution in [0.25, 0.3) is 16.8 Å². The van der Waals surface area contributed by atoms with Crippen molar-refractivity contribution in [2.75, 3.05) is 20.8 Å². The molecule has 0 aliphatic carbocycles. The maximum atomic E-state index is 13.1. The molecule has 2 aromatic carbocycles. The second kappa shape index (κ2) is 10.2. The molecule has 4 rings (SSSR count). The van der Waals surface area contributed by atoms with E-state index >= 15 is 0 Å². The van der Waals surface area contributed by atoms with Crippen LogP contribution in [0.15, 0.2) is 65.7 Å². The molecule has 176 valence electrons. The lowest BCUT2D eigenvalue weighted by Crippen LogP contribution is -2.33. The van der Waals surface area contributed by atoms with E-state index in [0.717, 1.165) is 11.1 Å². The first-order valence-electron chi connectivity index (χ1n) is 10.8. The van der Waals surface area contributed by atoms with Crippen LogP contribution in [0.3, 0.4) is 0 Å². The van der Waals surface area contributed by atoms with Crippen molar-refractivity contribution in [2.45, 2.75) is 19.6 Å². The van der Waals surface area contributed by atoms with Crippen molar-refractivity contribution in [1.29, 1.82) is 0 Å². The number of amides is 1. The molecule has 0 saturated carbocycles. The number of benzene rings is 2. The highest BCUT2D eigenvalue weighted by molar-refractivity contribution is 5.76. The van der Waals surface area contributed by atoms with Gasteiger partial charge in [-0.15, -0.1) is 0 Å². The minimum Gasteiger partial charge on any atom is -0.493 e.